The van der Waals surface area contributed by atoms with Crippen molar-refractivity contribution in [3.8, 4) is 0 Å². The molecule has 2 N–H and O–H groups in total. The van der Waals surface area contributed by atoms with E-state index in [0.29, 0.717) is 5.56 Å². The number of rotatable bonds is 4. The molecule has 0 aliphatic carbocycles. The SMILES string of the molecule is CNS(=O)(=O)c1sc(C)cc1CC(=O)O. The maximum atomic E-state index is 11.5. The molecule has 0 saturated heterocycles. The zero-order valence-electron chi connectivity index (χ0n) is 8.27. The van der Waals surface area contributed by atoms with E-state index in [2.05, 4.69) is 4.72 Å². The summed E-state index contributed by atoms with van der Waals surface area (Å²) in [6.45, 7) is 1.74. The topological polar surface area (TPSA) is 83.5 Å². The van der Waals surface area contributed by atoms with Gasteiger partial charge in [0.05, 0.1) is 6.42 Å². The van der Waals surface area contributed by atoms with Gasteiger partial charge in [-0.05, 0) is 25.6 Å². The number of carboxylic acid groups (broad SMARTS) is 1. The van der Waals surface area contributed by atoms with E-state index in [-0.39, 0.29) is 10.6 Å². The van der Waals surface area contributed by atoms with E-state index < -0.39 is 16.0 Å². The van der Waals surface area contributed by atoms with Crippen LogP contribution in [0.5, 0.6) is 0 Å². The number of carboxylic acids is 1. The molecule has 0 saturated carbocycles. The molecule has 0 radical (unpaired) electrons. The van der Waals surface area contributed by atoms with Crippen LogP contribution < -0.4 is 4.72 Å². The number of sulfonamides is 1. The second kappa shape index (κ2) is 4.30. The number of carbonyl (C=O) groups is 1. The molecule has 0 spiro atoms. The number of aliphatic carboxylic acids is 1. The van der Waals surface area contributed by atoms with Crippen molar-refractivity contribution < 1.29 is 18.3 Å². The zero-order valence-corrected chi connectivity index (χ0v) is 9.91. The predicted molar refractivity (Wildman–Crippen MR) is 56.6 cm³/mol. The highest BCUT2D eigenvalue weighted by Crippen LogP contribution is 2.26. The van der Waals surface area contributed by atoms with E-state index in [4.69, 9.17) is 5.11 Å². The van der Waals surface area contributed by atoms with Gasteiger partial charge in [0.15, 0.2) is 0 Å². The second-order valence-corrected chi connectivity index (χ2v) is 6.29. The van der Waals surface area contributed by atoms with Crippen LogP contribution >= 0.6 is 11.3 Å². The van der Waals surface area contributed by atoms with E-state index in [1.807, 2.05) is 0 Å². The van der Waals surface area contributed by atoms with Gasteiger partial charge in [0.1, 0.15) is 4.21 Å². The summed E-state index contributed by atoms with van der Waals surface area (Å²) in [5.41, 5.74) is 0.333. The molecule has 84 valence electrons. The van der Waals surface area contributed by atoms with Crippen molar-refractivity contribution in [1.82, 2.24) is 4.72 Å². The van der Waals surface area contributed by atoms with Gasteiger partial charge in [-0.15, -0.1) is 11.3 Å². The number of thiophene rings is 1. The lowest BCUT2D eigenvalue weighted by Gasteiger charge is -2.01. The third-order valence-electron chi connectivity index (χ3n) is 1.75. The smallest absolute Gasteiger partial charge is 0.307 e. The molecule has 0 aromatic carbocycles. The molecule has 1 aromatic heterocycles. The standard InChI is InChI=1S/C8H11NO4S2/c1-5-3-6(4-7(10)11)8(14-5)15(12,13)9-2/h3,9H,4H2,1-2H3,(H,10,11). The Morgan fingerprint density at radius 3 is 2.67 bits per heavy atom. The van der Waals surface area contributed by atoms with Crippen molar-refractivity contribution in [2.24, 2.45) is 0 Å². The van der Waals surface area contributed by atoms with E-state index in [0.717, 1.165) is 16.2 Å². The summed E-state index contributed by atoms with van der Waals surface area (Å²) in [6.07, 6.45) is -0.277. The fourth-order valence-corrected chi connectivity index (χ4v) is 3.65. The monoisotopic (exact) mass is 249 g/mol. The highest BCUT2D eigenvalue weighted by atomic mass is 32.2. The Bertz CT molecular complexity index is 475. The Balaban J connectivity index is 3.23. The highest BCUT2D eigenvalue weighted by molar-refractivity contribution is 7.91. The van der Waals surface area contributed by atoms with Crippen LogP contribution in [0, 0.1) is 6.92 Å². The summed E-state index contributed by atoms with van der Waals surface area (Å²) in [6, 6.07) is 1.59. The maximum Gasteiger partial charge on any atom is 0.307 e. The van der Waals surface area contributed by atoms with Crippen LogP contribution in [0.2, 0.25) is 0 Å². The predicted octanol–water partition coefficient (Wildman–Crippen LogP) is 0.592. The highest BCUT2D eigenvalue weighted by Gasteiger charge is 2.21. The maximum absolute atomic E-state index is 11.5. The Hall–Kier alpha value is -0.920. The molecule has 0 aliphatic rings. The van der Waals surface area contributed by atoms with Gasteiger partial charge in [-0.3, -0.25) is 4.79 Å². The Morgan fingerprint density at radius 1 is 1.60 bits per heavy atom. The summed E-state index contributed by atoms with van der Waals surface area (Å²) >= 11 is 1.07. The lowest BCUT2D eigenvalue weighted by Crippen LogP contribution is -2.19. The number of hydrogen-bond donors (Lipinski definition) is 2. The van der Waals surface area contributed by atoms with Crippen LogP contribution in [0.25, 0.3) is 0 Å². The first-order valence-electron chi connectivity index (χ1n) is 4.11. The summed E-state index contributed by atoms with van der Waals surface area (Å²) in [5.74, 6) is -1.04. The molecule has 0 amide bonds. The van der Waals surface area contributed by atoms with E-state index >= 15 is 0 Å². The number of nitrogens with one attached hydrogen (secondary N) is 1. The first-order valence-corrected chi connectivity index (χ1v) is 6.41. The van der Waals surface area contributed by atoms with Gasteiger partial charge in [0.2, 0.25) is 10.0 Å². The molecule has 1 heterocycles. The van der Waals surface area contributed by atoms with Crippen LogP contribution in [0.1, 0.15) is 10.4 Å². The number of aryl methyl sites for hydroxylation is 1. The van der Waals surface area contributed by atoms with E-state index in [1.54, 1.807) is 13.0 Å². The van der Waals surface area contributed by atoms with Gasteiger partial charge in [-0.1, -0.05) is 0 Å². The molecular weight excluding hydrogens is 238 g/mol. The van der Waals surface area contributed by atoms with Crippen LogP contribution in [0.4, 0.5) is 0 Å². The van der Waals surface area contributed by atoms with Crippen molar-refractivity contribution >= 4 is 27.3 Å². The molecular formula is C8H11NO4S2. The van der Waals surface area contributed by atoms with E-state index in [1.165, 1.54) is 7.05 Å². The molecule has 15 heavy (non-hydrogen) atoms. The summed E-state index contributed by atoms with van der Waals surface area (Å²) < 4.78 is 25.3. The molecule has 5 nitrogen and oxygen atoms in total. The largest absolute Gasteiger partial charge is 0.481 e. The van der Waals surface area contributed by atoms with Crippen molar-refractivity contribution in [2.75, 3.05) is 7.05 Å². The van der Waals surface area contributed by atoms with Gasteiger partial charge in [0.25, 0.3) is 0 Å². The van der Waals surface area contributed by atoms with E-state index in [9.17, 15) is 13.2 Å². The van der Waals surface area contributed by atoms with Crippen molar-refractivity contribution in [1.29, 1.82) is 0 Å². The molecule has 0 atom stereocenters. The van der Waals surface area contributed by atoms with Crippen LogP contribution in [-0.2, 0) is 21.2 Å². The van der Waals surface area contributed by atoms with Crippen LogP contribution in [0.15, 0.2) is 10.3 Å². The quantitative estimate of drug-likeness (QED) is 0.818. The Kier molecular flexibility index (Phi) is 3.48. The minimum Gasteiger partial charge on any atom is -0.481 e. The average Bonchev–Trinajstić information content (AvgIpc) is 2.46. The fraction of sp³-hybridized carbons (Fsp3) is 0.375. The molecule has 1 rings (SSSR count). The summed E-state index contributed by atoms with van der Waals surface area (Å²) in [5, 5.41) is 8.63. The van der Waals surface area contributed by atoms with Crippen LogP contribution in [-0.4, -0.2) is 26.5 Å². The van der Waals surface area contributed by atoms with Gasteiger partial charge in [-0.2, -0.15) is 0 Å². The summed E-state index contributed by atoms with van der Waals surface area (Å²) in [4.78, 5) is 11.3. The van der Waals surface area contributed by atoms with Crippen molar-refractivity contribution in [2.45, 2.75) is 17.6 Å². The average molecular weight is 249 g/mol. The molecule has 0 bridgehead atoms. The number of hydrogen-bond acceptors (Lipinski definition) is 4. The van der Waals surface area contributed by atoms with Crippen molar-refractivity contribution in [3.05, 3.63) is 16.5 Å². The lowest BCUT2D eigenvalue weighted by molar-refractivity contribution is -0.136. The molecule has 0 fully saturated rings. The molecule has 1 aromatic rings. The minimum absolute atomic E-state index is 0.0879. The zero-order chi connectivity index (χ0) is 11.6. The first kappa shape index (κ1) is 12.2. The molecule has 7 heteroatoms. The third-order valence-corrected chi connectivity index (χ3v) is 4.83. The van der Waals surface area contributed by atoms with Crippen LogP contribution in [0.3, 0.4) is 0 Å². The Morgan fingerprint density at radius 2 is 2.20 bits per heavy atom. The second-order valence-electron chi connectivity index (χ2n) is 2.95. The van der Waals surface area contributed by atoms with Gasteiger partial charge < -0.3 is 5.11 Å². The Labute approximate surface area is 91.8 Å². The van der Waals surface area contributed by atoms with Gasteiger partial charge in [-0.25, -0.2) is 13.1 Å². The minimum atomic E-state index is -3.55. The molecule has 0 aliphatic heterocycles. The van der Waals surface area contributed by atoms with Gasteiger partial charge >= 0.3 is 5.97 Å². The molecule has 0 unspecified atom stereocenters. The third kappa shape index (κ3) is 2.77. The lowest BCUT2D eigenvalue weighted by atomic mass is 10.2. The summed E-state index contributed by atoms with van der Waals surface area (Å²) in [7, 11) is -2.25. The van der Waals surface area contributed by atoms with Crippen molar-refractivity contribution in [3.63, 3.8) is 0 Å². The normalized spacial score (nSPS) is 11.6. The fourth-order valence-electron chi connectivity index (χ4n) is 1.15. The first-order chi connectivity index (χ1) is 6.86. The van der Waals surface area contributed by atoms with Gasteiger partial charge in [0, 0.05) is 4.88 Å².